The van der Waals surface area contributed by atoms with Crippen molar-refractivity contribution in [3.8, 4) is 0 Å². The summed E-state index contributed by atoms with van der Waals surface area (Å²) >= 11 is 0. The zero-order chi connectivity index (χ0) is 12.4. The van der Waals surface area contributed by atoms with Crippen LogP contribution in [0.25, 0.3) is 0 Å². The third-order valence-electron chi connectivity index (χ3n) is 3.50. The molecule has 1 aliphatic carbocycles. The van der Waals surface area contributed by atoms with Crippen molar-refractivity contribution in [1.29, 1.82) is 0 Å². The number of aliphatic carboxylic acids is 1. The van der Waals surface area contributed by atoms with Crippen molar-refractivity contribution in [3.63, 3.8) is 0 Å². The van der Waals surface area contributed by atoms with Gasteiger partial charge in [0, 0.05) is 6.42 Å². The summed E-state index contributed by atoms with van der Waals surface area (Å²) < 4.78 is 0. The molecule has 0 aromatic rings. The van der Waals surface area contributed by atoms with E-state index in [4.69, 9.17) is 0 Å². The molecular weight excluding hydrogens is 204 g/mol. The van der Waals surface area contributed by atoms with E-state index >= 15 is 0 Å². The lowest BCUT2D eigenvalue weighted by atomic mass is 9.68. The molecule has 0 heterocycles. The first-order chi connectivity index (χ1) is 7.28. The van der Waals surface area contributed by atoms with Gasteiger partial charge in [-0.25, -0.2) is 0 Å². The largest absolute Gasteiger partial charge is 0.480 e. The maximum atomic E-state index is 11.9. The molecule has 1 aliphatic rings. The Morgan fingerprint density at radius 3 is 2.44 bits per heavy atom. The predicted molar refractivity (Wildman–Crippen MR) is 62.2 cm³/mol. The Morgan fingerprint density at radius 1 is 1.38 bits per heavy atom. The van der Waals surface area contributed by atoms with Gasteiger partial charge in [0.2, 0.25) is 0 Å². The smallest absolute Gasteiger partial charge is 0.317 e. The van der Waals surface area contributed by atoms with Crippen molar-refractivity contribution >= 4 is 11.8 Å². The summed E-state index contributed by atoms with van der Waals surface area (Å²) in [5.41, 5.74) is -0.994. The summed E-state index contributed by atoms with van der Waals surface area (Å²) in [7, 11) is 0. The Bertz CT molecular complexity index is 288. The van der Waals surface area contributed by atoms with E-state index in [0.29, 0.717) is 19.3 Å². The van der Waals surface area contributed by atoms with Gasteiger partial charge in [-0.05, 0) is 31.1 Å². The average Bonchev–Trinajstić information content (AvgIpc) is 2.15. The lowest BCUT2D eigenvalue weighted by Gasteiger charge is -2.33. The molecule has 1 N–H and O–H groups in total. The lowest BCUT2D eigenvalue weighted by Crippen LogP contribution is -2.42. The number of rotatable bonds is 3. The molecule has 1 rings (SSSR count). The van der Waals surface area contributed by atoms with Gasteiger partial charge in [0.1, 0.15) is 11.2 Å². The number of carbonyl (C=O) groups is 2. The molecule has 0 spiro atoms. The summed E-state index contributed by atoms with van der Waals surface area (Å²) in [5.74, 6) is -0.975. The first-order valence-corrected chi connectivity index (χ1v) is 6.05. The van der Waals surface area contributed by atoms with Crippen LogP contribution in [0, 0.1) is 10.8 Å². The summed E-state index contributed by atoms with van der Waals surface area (Å²) in [6.07, 6.45) is 3.95. The van der Waals surface area contributed by atoms with E-state index < -0.39 is 11.4 Å². The summed E-state index contributed by atoms with van der Waals surface area (Å²) in [6.45, 7) is 6.24. The minimum Gasteiger partial charge on any atom is -0.480 e. The predicted octanol–water partition coefficient (Wildman–Crippen LogP) is 3.03. The normalized spacial score (nSPS) is 26.8. The fraction of sp³-hybridized carbons (Fsp3) is 0.846. The maximum Gasteiger partial charge on any atom is 0.317 e. The molecule has 0 aromatic heterocycles. The lowest BCUT2D eigenvalue weighted by molar-refractivity contribution is -0.158. The third kappa shape index (κ3) is 2.83. The van der Waals surface area contributed by atoms with Crippen molar-refractivity contribution in [1.82, 2.24) is 0 Å². The number of carboxylic acids is 1. The molecule has 3 heteroatoms. The summed E-state index contributed by atoms with van der Waals surface area (Å²) in [4.78, 5) is 23.3. The van der Waals surface area contributed by atoms with E-state index in [9.17, 15) is 14.7 Å². The maximum absolute atomic E-state index is 11.9. The Morgan fingerprint density at radius 2 is 2.00 bits per heavy atom. The van der Waals surface area contributed by atoms with E-state index in [-0.39, 0.29) is 11.2 Å². The van der Waals surface area contributed by atoms with Crippen LogP contribution in [0.5, 0.6) is 0 Å². The topological polar surface area (TPSA) is 54.4 Å². The highest BCUT2D eigenvalue weighted by molar-refractivity contribution is 6.03. The van der Waals surface area contributed by atoms with Crippen LogP contribution in [0.1, 0.15) is 59.3 Å². The standard InChI is InChI=1S/C13H22O3/c1-12(2,3)8-9-13(11(15)16)7-5-4-6-10(13)14/h4-9H2,1-3H3,(H,15,16). The number of Topliss-reactive ketones (excluding diaryl/α,β-unsaturated/α-hetero) is 1. The highest BCUT2D eigenvalue weighted by Gasteiger charge is 2.46. The number of carbonyl (C=O) groups excluding carboxylic acids is 1. The molecule has 0 bridgehead atoms. The quantitative estimate of drug-likeness (QED) is 0.752. The zero-order valence-electron chi connectivity index (χ0n) is 10.5. The molecule has 1 saturated carbocycles. The van der Waals surface area contributed by atoms with Gasteiger partial charge in [-0.1, -0.05) is 27.2 Å². The van der Waals surface area contributed by atoms with Crippen molar-refractivity contribution < 1.29 is 14.7 Å². The number of hydrogen-bond donors (Lipinski definition) is 1. The first-order valence-electron chi connectivity index (χ1n) is 6.05. The number of hydrogen-bond acceptors (Lipinski definition) is 2. The molecule has 92 valence electrons. The monoisotopic (exact) mass is 226 g/mol. The van der Waals surface area contributed by atoms with Gasteiger partial charge < -0.3 is 5.11 Å². The minimum absolute atomic E-state index is 0.0597. The van der Waals surface area contributed by atoms with Crippen LogP contribution < -0.4 is 0 Å². The second-order valence-electron chi connectivity index (χ2n) is 6.08. The molecule has 1 unspecified atom stereocenters. The first kappa shape index (κ1) is 13.2. The Kier molecular flexibility index (Phi) is 3.76. The minimum atomic E-state index is -1.08. The summed E-state index contributed by atoms with van der Waals surface area (Å²) in [5, 5.41) is 9.34. The van der Waals surface area contributed by atoms with E-state index in [1.165, 1.54) is 0 Å². The fourth-order valence-electron chi connectivity index (χ4n) is 2.28. The van der Waals surface area contributed by atoms with Gasteiger partial charge in [-0.3, -0.25) is 9.59 Å². The Labute approximate surface area is 97.2 Å². The molecule has 0 aromatic carbocycles. The van der Waals surface area contributed by atoms with Crippen LogP contribution in [-0.4, -0.2) is 16.9 Å². The van der Waals surface area contributed by atoms with E-state index in [0.717, 1.165) is 19.3 Å². The summed E-state index contributed by atoms with van der Waals surface area (Å²) in [6, 6.07) is 0. The van der Waals surface area contributed by atoms with Gasteiger partial charge in [0.15, 0.2) is 0 Å². The molecular formula is C13H22O3. The van der Waals surface area contributed by atoms with E-state index in [1.807, 2.05) is 0 Å². The molecule has 0 aliphatic heterocycles. The fourth-order valence-corrected chi connectivity index (χ4v) is 2.28. The van der Waals surface area contributed by atoms with Gasteiger partial charge in [-0.2, -0.15) is 0 Å². The highest BCUT2D eigenvalue weighted by Crippen LogP contribution is 2.40. The molecule has 0 amide bonds. The average molecular weight is 226 g/mol. The van der Waals surface area contributed by atoms with Crippen LogP contribution in [0.2, 0.25) is 0 Å². The van der Waals surface area contributed by atoms with Crippen LogP contribution in [-0.2, 0) is 9.59 Å². The van der Waals surface area contributed by atoms with Crippen LogP contribution >= 0.6 is 0 Å². The third-order valence-corrected chi connectivity index (χ3v) is 3.50. The van der Waals surface area contributed by atoms with E-state index in [1.54, 1.807) is 0 Å². The van der Waals surface area contributed by atoms with Gasteiger partial charge in [-0.15, -0.1) is 0 Å². The van der Waals surface area contributed by atoms with Crippen molar-refractivity contribution in [2.45, 2.75) is 59.3 Å². The van der Waals surface area contributed by atoms with Crippen LogP contribution in [0.4, 0.5) is 0 Å². The van der Waals surface area contributed by atoms with Crippen molar-refractivity contribution in [2.75, 3.05) is 0 Å². The SMILES string of the molecule is CC(C)(C)CCC1(C(=O)O)CCCCC1=O. The molecule has 16 heavy (non-hydrogen) atoms. The van der Waals surface area contributed by atoms with Gasteiger partial charge in [0.05, 0.1) is 0 Å². The molecule has 1 fully saturated rings. The van der Waals surface area contributed by atoms with Crippen LogP contribution in [0.15, 0.2) is 0 Å². The second kappa shape index (κ2) is 4.56. The molecule has 0 saturated heterocycles. The van der Waals surface area contributed by atoms with Gasteiger partial charge >= 0.3 is 5.97 Å². The molecule has 0 radical (unpaired) electrons. The highest BCUT2D eigenvalue weighted by atomic mass is 16.4. The van der Waals surface area contributed by atoms with Crippen molar-refractivity contribution in [2.24, 2.45) is 10.8 Å². The number of carboxylic acid groups (broad SMARTS) is 1. The Balaban J connectivity index is 2.80. The van der Waals surface area contributed by atoms with Crippen molar-refractivity contribution in [3.05, 3.63) is 0 Å². The zero-order valence-corrected chi connectivity index (χ0v) is 10.5. The molecule has 3 nitrogen and oxygen atoms in total. The number of ketones is 1. The second-order valence-corrected chi connectivity index (χ2v) is 6.08. The van der Waals surface area contributed by atoms with Gasteiger partial charge in [0.25, 0.3) is 0 Å². The van der Waals surface area contributed by atoms with E-state index in [2.05, 4.69) is 20.8 Å². The Hall–Kier alpha value is -0.860. The van der Waals surface area contributed by atoms with Crippen LogP contribution in [0.3, 0.4) is 0 Å². The molecule has 1 atom stereocenters.